The number of aliphatic hydroxyl groups excluding tert-OH is 1. The average molecular weight is 258 g/mol. The van der Waals surface area contributed by atoms with E-state index < -0.39 is 0 Å². The minimum Gasteiger partial charge on any atom is -0.391 e. The first-order chi connectivity index (χ1) is 8.98. The fourth-order valence-corrected chi connectivity index (χ4v) is 3.38. The van der Waals surface area contributed by atoms with E-state index in [2.05, 4.69) is 29.5 Å². The molecule has 1 aromatic heterocycles. The summed E-state index contributed by atoms with van der Waals surface area (Å²) in [7, 11) is 0. The van der Waals surface area contributed by atoms with Crippen LogP contribution in [-0.2, 0) is 0 Å². The van der Waals surface area contributed by atoms with E-state index in [9.17, 15) is 5.11 Å². The van der Waals surface area contributed by atoms with Crippen molar-refractivity contribution in [2.45, 2.75) is 52.2 Å². The standard InChI is InChI=1S/C16H22N2O/c1-11-17-12-6-4-5-7-13(12)18(11)14-10-16(2,3)9-8-15(14)19/h4-7,14-15,19H,8-10H2,1-3H3. The van der Waals surface area contributed by atoms with Gasteiger partial charge in [-0.05, 0) is 43.7 Å². The van der Waals surface area contributed by atoms with E-state index in [4.69, 9.17) is 0 Å². The SMILES string of the molecule is Cc1nc2ccccc2n1C1CC(C)(C)CCC1O. The molecule has 2 atom stereocenters. The molecule has 0 saturated heterocycles. The molecule has 102 valence electrons. The molecule has 3 rings (SSSR count). The highest BCUT2D eigenvalue weighted by Gasteiger charge is 2.36. The molecule has 0 amide bonds. The topological polar surface area (TPSA) is 38.0 Å². The van der Waals surface area contributed by atoms with Crippen molar-refractivity contribution in [1.82, 2.24) is 9.55 Å². The third-order valence-corrected chi connectivity index (χ3v) is 4.43. The molecule has 1 fully saturated rings. The van der Waals surface area contributed by atoms with Crippen molar-refractivity contribution >= 4 is 11.0 Å². The van der Waals surface area contributed by atoms with Gasteiger partial charge < -0.3 is 9.67 Å². The zero-order valence-corrected chi connectivity index (χ0v) is 11.9. The molecule has 3 nitrogen and oxygen atoms in total. The highest BCUT2D eigenvalue weighted by atomic mass is 16.3. The molecule has 1 aliphatic carbocycles. The number of aromatic nitrogens is 2. The van der Waals surface area contributed by atoms with E-state index in [-0.39, 0.29) is 12.1 Å². The summed E-state index contributed by atoms with van der Waals surface area (Å²) in [5.41, 5.74) is 2.46. The molecule has 0 aliphatic heterocycles. The van der Waals surface area contributed by atoms with Crippen LogP contribution in [0.15, 0.2) is 24.3 Å². The second-order valence-corrected chi connectivity index (χ2v) is 6.56. The fourth-order valence-electron chi connectivity index (χ4n) is 3.38. The Morgan fingerprint density at radius 3 is 2.84 bits per heavy atom. The lowest BCUT2D eigenvalue weighted by molar-refractivity contribution is 0.0288. The van der Waals surface area contributed by atoms with Crippen molar-refractivity contribution in [2.24, 2.45) is 5.41 Å². The van der Waals surface area contributed by atoms with Gasteiger partial charge in [-0.15, -0.1) is 0 Å². The Morgan fingerprint density at radius 1 is 1.32 bits per heavy atom. The lowest BCUT2D eigenvalue weighted by atomic mass is 9.73. The molecular weight excluding hydrogens is 236 g/mol. The molecule has 19 heavy (non-hydrogen) atoms. The predicted molar refractivity (Wildman–Crippen MR) is 77.1 cm³/mol. The first-order valence-electron chi connectivity index (χ1n) is 7.10. The molecule has 1 heterocycles. The molecule has 3 heteroatoms. The van der Waals surface area contributed by atoms with Gasteiger partial charge in [-0.25, -0.2) is 4.98 Å². The number of rotatable bonds is 1. The third-order valence-electron chi connectivity index (χ3n) is 4.43. The molecule has 1 N–H and O–H groups in total. The van der Waals surface area contributed by atoms with Crippen LogP contribution in [0.4, 0.5) is 0 Å². The number of nitrogens with zero attached hydrogens (tertiary/aromatic N) is 2. The normalized spacial score (nSPS) is 26.7. The van der Waals surface area contributed by atoms with Gasteiger partial charge >= 0.3 is 0 Å². The van der Waals surface area contributed by atoms with E-state index >= 15 is 0 Å². The van der Waals surface area contributed by atoms with Crippen molar-refractivity contribution in [3.8, 4) is 0 Å². The summed E-state index contributed by atoms with van der Waals surface area (Å²) >= 11 is 0. The number of fused-ring (bicyclic) bond motifs is 1. The molecule has 0 spiro atoms. The largest absolute Gasteiger partial charge is 0.391 e. The molecule has 2 unspecified atom stereocenters. The molecule has 0 bridgehead atoms. The fraction of sp³-hybridized carbons (Fsp3) is 0.562. The van der Waals surface area contributed by atoms with Crippen molar-refractivity contribution in [3.63, 3.8) is 0 Å². The van der Waals surface area contributed by atoms with Crippen LogP contribution in [0.25, 0.3) is 11.0 Å². The summed E-state index contributed by atoms with van der Waals surface area (Å²) < 4.78 is 2.24. The van der Waals surface area contributed by atoms with E-state index in [1.165, 1.54) is 0 Å². The molecular formula is C16H22N2O. The summed E-state index contributed by atoms with van der Waals surface area (Å²) in [5, 5.41) is 10.4. The third kappa shape index (κ3) is 2.16. The number of hydrogen-bond acceptors (Lipinski definition) is 2. The number of hydrogen-bond donors (Lipinski definition) is 1. The van der Waals surface area contributed by atoms with Crippen LogP contribution >= 0.6 is 0 Å². The summed E-state index contributed by atoms with van der Waals surface area (Å²) in [6.45, 7) is 6.62. The van der Waals surface area contributed by atoms with Gasteiger partial charge in [0.15, 0.2) is 0 Å². The molecule has 0 radical (unpaired) electrons. The minimum atomic E-state index is -0.260. The van der Waals surface area contributed by atoms with E-state index in [1.54, 1.807) is 0 Å². The quantitative estimate of drug-likeness (QED) is 0.850. The minimum absolute atomic E-state index is 0.149. The zero-order valence-electron chi connectivity index (χ0n) is 11.9. The second-order valence-electron chi connectivity index (χ2n) is 6.56. The van der Waals surface area contributed by atoms with Crippen LogP contribution in [0, 0.1) is 12.3 Å². The number of para-hydroxylation sites is 2. The maximum Gasteiger partial charge on any atom is 0.107 e. The van der Waals surface area contributed by atoms with Crippen molar-refractivity contribution in [3.05, 3.63) is 30.1 Å². The summed E-state index contributed by atoms with van der Waals surface area (Å²) in [6, 6.07) is 8.35. The summed E-state index contributed by atoms with van der Waals surface area (Å²) in [4.78, 5) is 4.62. The van der Waals surface area contributed by atoms with Crippen molar-refractivity contribution in [2.75, 3.05) is 0 Å². The van der Waals surface area contributed by atoms with Gasteiger partial charge in [0, 0.05) is 0 Å². The molecule has 1 aromatic carbocycles. The van der Waals surface area contributed by atoms with E-state index in [0.717, 1.165) is 36.1 Å². The smallest absolute Gasteiger partial charge is 0.107 e. The summed E-state index contributed by atoms with van der Waals surface area (Å²) in [5.74, 6) is 1.00. The van der Waals surface area contributed by atoms with Crippen LogP contribution in [0.3, 0.4) is 0 Å². The van der Waals surface area contributed by atoms with Crippen LogP contribution in [0.2, 0.25) is 0 Å². The van der Waals surface area contributed by atoms with Crippen LogP contribution in [0.1, 0.15) is 45.0 Å². The monoisotopic (exact) mass is 258 g/mol. The van der Waals surface area contributed by atoms with Gasteiger partial charge in [0.2, 0.25) is 0 Å². The molecule has 1 aliphatic rings. The van der Waals surface area contributed by atoms with E-state index in [1.807, 2.05) is 25.1 Å². The van der Waals surface area contributed by atoms with Crippen molar-refractivity contribution < 1.29 is 5.11 Å². The second kappa shape index (κ2) is 4.34. The lowest BCUT2D eigenvalue weighted by Gasteiger charge is -2.39. The number of benzene rings is 1. The molecule has 2 aromatic rings. The van der Waals surface area contributed by atoms with Crippen LogP contribution in [0.5, 0.6) is 0 Å². The Morgan fingerprint density at radius 2 is 2.05 bits per heavy atom. The number of aliphatic hydroxyl groups is 1. The Bertz CT molecular complexity index is 600. The van der Waals surface area contributed by atoms with Crippen LogP contribution in [-0.4, -0.2) is 20.8 Å². The van der Waals surface area contributed by atoms with Gasteiger partial charge in [0.05, 0.1) is 23.2 Å². The predicted octanol–water partition coefficient (Wildman–Crippen LogP) is 3.46. The van der Waals surface area contributed by atoms with Gasteiger partial charge in [-0.3, -0.25) is 0 Å². The van der Waals surface area contributed by atoms with Gasteiger partial charge in [0.25, 0.3) is 0 Å². The van der Waals surface area contributed by atoms with E-state index in [0.29, 0.717) is 5.41 Å². The maximum absolute atomic E-state index is 10.4. The number of aryl methyl sites for hydroxylation is 1. The first-order valence-corrected chi connectivity index (χ1v) is 7.10. The Labute approximate surface area is 114 Å². The lowest BCUT2D eigenvalue weighted by Crippen LogP contribution is -2.35. The van der Waals surface area contributed by atoms with Gasteiger partial charge in [-0.1, -0.05) is 26.0 Å². The maximum atomic E-state index is 10.4. The Hall–Kier alpha value is -1.35. The first kappa shape index (κ1) is 12.7. The summed E-state index contributed by atoms with van der Waals surface area (Å²) in [6.07, 6.45) is 2.72. The Kier molecular flexibility index (Phi) is 2.90. The Balaban J connectivity index is 2.10. The van der Waals surface area contributed by atoms with Gasteiger partial charge in [0.1, 0.15) is 5.82 Å². The van der Waals surface area contributed by atoms with Crippen LogP contribution < -0.4 is 0 Å². The average Bonchev–Trinajstić information content (AvgIpc) is 2.68. The zero-order chi connectivity index (χ0) is 13.6. The highest BCUT2D eigenvalue weighted by molar-refractivity contribution is 5.76. The highest BCUT2D eigenvalue weighted by Crippen LogP contribution is 2.42. The van der Waals surface area contributed by atoms with Gasteiger partial charge in [-0.2, -0.15) is 0 Å². The number of imidazole rings is 1. The van der Waals surface area contributed by atoms with Crippen molar-refractivity contribution in [1.29, 1.82) is 0 Å². The molecule has 1 saturated carbocycles.